The minimum atomic E-state index is -0.540. The molecule has 2 aromatic carbocycles. The molecular formula is C20H16FN3O2. The molecule has 1 aromatic heterocycles. The van der Waals surface area contributed by atoms with Crippen molar-refractivity contribution in [2.75, 3.05) is 5.73 Å². The van der Waals surface area contributed by atoms with Gasteiger partial charge in [-0.15, -0.1) is 0 Å². The SMILES string of the molecule is Nc1ccc(C2=NN(C(=O)c3ccco3)C(c3ccccc3F)C2)cc1. The van der Waals surface area contributed by atoms with Crippen LogP contribution in [-0.4, -0.2) is 16.6 Å². The molecule has 1 atom stereocenters. The highest BCUT2D eigenvalue weighted by molar-refractivity contribution is 6.04. The maximum atomic E-state index is 14.4. The zero-order valence-corrected chi connectivity index (χ0v) is 13.8. The lowest BCUT2D eigenvalue weighted by atomic mass is 9.98. The first-order valence-corrected chi connectivity index (χ1v) is 8.18. The van der Waals surface area contributed by atoms with E-state index >= 15 is 0 Å². The van der Waals surface area contributed by atoms with Gasteiger partial charge in [0.25, 0.3) is 0 Å². The first kappa shape index (κ1) is 16.1. The zero-order valence-electron chi connectivity index (χ0n) is 13.8. The Morgan fingerprint density at radius 1 is 1.12 bits per heavy atom. The van der Waals surface area contributed by atoms with E-state index < -0.39 is 11.9 Å². The lowest BCUT2D eigenvalue weighted by Crippen LogP contribution is -2.27. The molecule has 0 saturated carbocycles. The normalized spacial score (nSPS) is 16.6. The fourth-order valence-electron chi connectivity index (χ4n) is 3.05. The second-order valence-electron chi connectivity index (χ2n) is 6.04. The summed E-state index contributed by atoms with van der Waals surface area (Å²) in [6.45, 7) is 0. The van der Waals surface area contributed by atoms with Crippen molar-refractivity contribution in [3.8, 4) is 0 Å². The molecule has 0 aliphatic carbocycles. The first-order valence-electron chi connectivity index (χ1n) is 8.18. The van der Waals surface area contributed by atoms with E-state index in [1.807, 2.05) is 12.1 Å². The van der Waals surface area contributed by atoms with Gasteiger partial charge in [0.2, 0.25) is 0 Å². The van der Waals surface area contributed by atoms with Crippen molar-refractivity contribution >= 4 is 17.3 Å². The molecule has 2 heterocycles. The minimum absolute atomic E-state index is 0.161. The Morgan fingerprint density at radius 2 is 1.88 bits per heavy atom. The fourth-order valence-corrected chi connectivity index (χ4v) is 3.05. The molecule has 1 unspecified atom stereocenters. The molecule has 6 heteroatoms. The number of benzene rings is 2. The highest BCUT2D eigenvalue weighted by atomic mass is 19.1. The predicted molar refractivity (Wildman–Crippen MR) is 96.0 cm³/mol. The van der Waals surface area contributed by atoms with E-state index in [-0.39, 0.29) is 11.6 Å². The Labute approximate surface area is 149 Å². The Bertz CT molecular complexity index is 965. The summed E-state index contributed by atoms with van der Waals surface area (Å²) in [5.74, 6) is -0.620. The van der Waals surface area contributed by atoms with Gasteiger partial charge in [0.05, 0.1) is 18.0 Å². The average molecular weight is 349 g/mol. The molecule has 130 valence electrons. The average Bonchev–Trinajstić information content (AvgIpc) is 3.32. The number of rotatable bonds is 3. The molecule has 1 aliphatic heterocycles. The third-order valence-electron chi connectivity index (χ3n) is 4.36. The van der Waals surface area contributed by atoms with E-state index in [9.17, 15) is 9.18 Å². The quantitative estimate of drug-likeness (QED) is 0.727. The summed E-state index contributed by atoms with van der Waals surface area (Å²) in [6.07, 6.45) is 1.82. The molecule has 3 aromatic rings. The van der Waals surface area contributed by atoms with Gasteiger partial charge >= 0.3 is 5.91 Å². The number of nitrogens with two attached hydrogens (primary N) is 1. The second-order valence-corrected chi connectivity index (χ2v) is 6.04. The molecule has 26 heavy (non-hydrogen) atoms. The Balaban J connectivity index is 1.75. The van der Waals surface area contributed by atoms with Crippen LogP contribution in [0.1, 0.15) is 34.1 Å². The fraction of sp³-hybridized carbons (Fsp3) is 0.100. The number of halogens is 1. The third kappa shape index (κ3) is 2.86. The van der Waals surface area contributed by atoms with Crippen molar-refractivity contribution in [2.24, 2.45) is 5.10 Å². The van der Waals surface area contributed by atoms with Gasteiger partial charge in [-0.05, 0) is 35.9 Å². The molecule has 1 aliphatic rings. The number of hydrazone groups is 1. The van der Waals surface area contributed by atoms with E-state index in [1.54, 1.807) is 42.5 Å². The molecular weight excluding hydrogens is 333 g/mol. The van der Waals surface area contributed by atoms with Crippen molar-refractivity contribution in [1.29, 1.82) is 0 Å². The van der Waals surface area contributed by atoms with Crippen LogP contribution in [-0.2, 0) is 0 Å². The van der Waals surface area contributed by atoms with E-state index in [0.717, 1.165) is 5.56 Å². The molecule has 0 bridgehead atoms. The molecule has 0 saturated heterocycles. The summed E-state index contributed by atoms with van der Waals surface area (Å²) in [5, 5.41) is 5.77. The Hall–Kier alpha value is -3.41. The highest BCUT2D eigenvalue weighted by Crippen LogP contribution is 2.35. The number of carbonyl (C=O) groups is 1. The largest absolute Gasteiger partial charge is 0.459 e. The van der Waals surface area contributed by atoms with E-state index in [2.05, 4.69) is 5.10 Å². The van der Waals surface area contributed by atoms with Crippen molar-refractivity contribution in [1.82, 2.24) is 5.01 Å². The number of amides is 1. The lowest BCUT2D eigenvalue weighted by molar-refractivity contribution is 0.0676. The number of hydrogen-bond donors (Lipinski definition) is 1. The van der Waals surface area contributed by atoms with Crippen LogP contribution < -0.4 is 5.73 Å². The van der Waals surface area contributed by atoms with Crippen molar-refractivity contribution in [3.63, 3.8) is 0 Å². The van der Waals surface area contributed by atoms with Crippen LogP contribution in [0.15, 0.2) is 76.4 Å². The maximum Gasteiger partial charge on any atom is 0.310 e. The van der Waals surface area contributed by atoms with Gasteiger partial charge in [-0.3, -0.25) is 4.79 Å². The van der Waals surface area contributed by atoms with Crippen molar-refractivity contribution < 1.29 is 13.6 Å². The molecule has 2 N–H and O–H groups in total. The van der Waals surface area contributed by atoms with Crippen LogP contribution >= 0.6 is 0 Å². The van der Waals surface area contributed by atoms with Crippen LogP contribution in [0.2, 0.25) is 0 Å². The first-order chi connectivity index (χ1) is 12.6. The van der Waals surface area contributed by atoms with Gasteiger partial charge in [0.15, 0.2) is 5.76 Å². The number of hydrogen-bond acceptors (Lipinski definition) is 4. The summed E-state index contributed by atoms with van der Waals surface area (Å²) < 4.78 is 19.6. The molecule has 0 spiro atoms. The number of furan rings is 1. The summed E-state index contributed by atoms with van der Waals surface area (Å²) in [5.41, 5.74) is 8.33. The summed E-state index contributed by atoms with van der Waals surface area (Å²) in [6, 6.07) is 16.3. The van der Waals surface area contributed by atoms with Crippen LogP contribution in [0.25, 0.3) is 0 Å². The van der Waals surface area contributed by atoms with Crippen LogP contribution in [0.3, 0.4) is 0 Å². The number of anilines is 1. The Kier molecular flexibility index (Phi) is 4.01. The minimum Gasteiger partial charge on any atom is -0.459 e. The van der Waals surface area contributed by atoms with Gasteiger partial charge in [-0.1, -0.05) is 30.3 Å². The smallest absolute Gasteiger partial charge is 0.310 e. The highest BCUT2D eigenvalue weighted by Gasteiger charge is 2.36. The van der Waals surface area contributed by atoms with Crippen LogP contribution in [0, 0.1) is 5.82 Å². The number of nitrogens with zero attached hydrogens (tertiary/aromatic N) is 2. The topological polar surface area (TPSA) is 71.8 Å². The predicted octanol–water partition coefficient (Wildman–Crippen LogP) is 3.99. The molecule has 0 radical (unpaired) electrons. The molecule has 4 rings (SSSR count). The van der Waals surface area contributed by atoms with Gasteiger partial charge in [0, 0.05) is 17.7 Å². The summed E-state index contributed by atoms with van der Waals surface area (Å²) in [4.78, 5) is 12.8. The molecule has 5 nitrogen and oxygen atoms in total. The zero-order chi connectivity index (χ0) is 18.1. The third-order valence-corrected chi connectivity index (χ3v) is 4.36. The molecule has 1 amide bonds. The van der Waals surface area contributed by atoms with E-state index in [0.29, 0.717) is 23.4 Å². The van der Waals surface area contributed by atoms with Crippen LogP contribution in [0.4, 0.5) is 10.1 Å². The van der Waals surface area contributed by atoms with Gasteiger partial charge in [0.1, 0.15) is 5.82 Å². The van der Waals surface area contributed by atoms with Crippen molar-refractivity contribution in [3.05, 3.63) is 89.6 Å². The number of carbonyl (C=O) groups excluding carboxylic acids is 1. The lowest BCUT2D eigenvalue weighted by Gasteiger charge is -2.21. The maximum absolute atomic E-state index is 14.4. The van der Waals surface area contributed by atoms with Gasteiger partial charge in [-0.2, -0.15) is 5.10 Å². The summed E-state index contributed by atoms with van der Waals surface area (Å²) in [7, 11) is 0. The monoisotopic (exact) mass is 349 g/mol. The van der Waals surface area contributed by atoms with E-state index in [1.165, 1.54) is 17.3 Å². The van der Waals surface area contributed by atoms with E-state index in [4.69, 9.17) is 10.2 Å². The van der Waals surface area contributed by atoms with Crippen molar-refractivity contribution in [2.45, 2.75) is 12.5 Å². The standard InChI is InChI=1S/C20H16FN3O2/c21-16-5-2-1-4-15(16)18-12-17(13-7-9-14(22)10-8-13)23-24(18)20(25)19-6-3-11-26-19/h1-11,18H,12,22H2. The Morgan fingerprint density at radius 3 is 2.58 bits per heavy atom. The number of nitrogen functional groups attached to an aromatic ring is 1. The van der Waals surface area contributed by atoms with Gasteiger partial charge in [-0.25, -0.2) is 9.40 Å². The summed E-state index contributed by atoms with van der Waals surface area (Å²) >= 11 is 0. The molecule has 0 fully saturated rings. The van der Waals surface area contributed by atoms with Crippen LogP contribution in [0.5, 0.6) is 0 Å². The van der Waals surface area contributed by atoms with Gasteiger partial charge < -0.3 is 10.2 Å². The second kappa shape index (κ2) is 6.48.